The summed E-state index contributed by atoms with van der Waals surface area (Å²) in [7, 11) is 0. The van der Waals surface area contributed by atoms with E-state index in [0.717, 1.165) is 0 Å². The van der Waals surface area contributed by atoms with Crippen LogP contribution in [0, 0.1) is 11.6 Å². The number of aliphatic hydroxyl groups is 1. The van der Waals surface area contributed by atoms with Crippen LogP contribution in [-0.2, 0) is 0 Å². The Balaban J connectivity index is 2.46. The van der Waals surface area contributed by atoms with Crippen molar-refractivity contribution in [3.8, 4) is 0 Å². The predicted molar refractivity (Wildman–Crippen MR) is 82.3 cm³/mol. The Morgan fingerprint density at radius 1 is 1.24 bits per heavy atom. The zero-order valence-corrected chi connectivity index (χ0v) is 13.2. The monoisotopic (exact) mass is 375 g/mol. The van der Waals surface area contributed by atoms with Crippen LogP contribution in [0.1, 0.15) is 23.1 Å². The molecule has 112 valence electrons. The second kappa shape index (κ2) is 6.83. The Morgan fingerprint density at radius 2 is 1.95 bits per heavy atom. The van der Waals surface area contributed by atoms with Crippen molar-refractivity contribution in [2.75, 3.05) is 6.54 Å². The Kier molecular flexibility index (Phi) is 5.32. The maximum Gasteiger partial charge on any atom is 0.128 e. The molecule has 0 fully saturated rings. The van der Waals surface area contributed by atoms with E-state index in [0.29, 0.717) is 10.0 Å². The molecule has 0 aromatic heterocycles. The first-order valence-corrected chi connectivity index (χ1v) is 7.39. The molecule has 2 aromatic rings. The largest absolute Gasteiger partial charge is 0.388 e. The molecule has 2 rings (SSSR count). The van der Waals surface area contributed by atoms with Gasteiger partial charge in [0.2, 0.25) is 0 Å². The van der Waals surface area contributed by atoms with Gasteiger partial charge in [0.05, 0.1) is 6.10 Å². The molecule has 6 heteroatoms. The highest BCUT2D eigenvalue weighted by Gasteiger charge is 2.27. The molecule has 2 nitrogen and oxygen atoms in total. The van der Waals surface area contributed by atoms with Crippen molar-refractivity contribution in [1.29, 1.82) is 0 Å². The van der Waals surface area contributed by atoms with E-state index in [1.54, 1.807) is 0 Å². The number of rotatable bonds is 4. The summed E-state index contributed by atoms with van der Waals surface area (Å²) in [5.41, 5.74) is 6.27. The Labute approximate surface area is 134 Å². The molecule has 0 heterocycles. The van der Waals surface area contributed by atoms with Crippen LogP contribution in [0.5, 0.6) is 0 Å². The molecular formula is C15H13BrClF2NO. The molecule has 0 saturated carbocycles. The highest BCUT2D eigenvalue weighted by atomic mass is 79.9. The lowest BCUT2D eigenvalue weighted by Crippen LogP contribution is -2.22. The van der Waals surface area contributed by atoms with Gasteiger partial charge in [-0.15, -0.1) is 0 Å². The van der Waals surface area contributed by atoms with Crippen LogP contribution in [0.4, 0.5) is 8.78 Å². The van der Waals surface area contributed by atoms with E-state index >= 15 is 0 Å². The summed E-state index contributed by atoms with van der Waals surface area (Å²) < 4.78 is 27.5. The minimum absolute atomic E-state index is 0.00830. The number of hydrogen-bond acceptors (Lipinski definition) is 2. The fourth-order valence-corrected chi connectivity index (χ4v) is 3.12. The van der Waals surface area contributed by atoms with Gasteiger partial charge < -0.3 is 10.8 Å². The topological polar surface area (TPSA) is 46.2 Å². The minimum atomic E-state index is -1.11. The molecule has 0 aliphatic rings. The van der Waals surface area contributed by atoms with E-state index in [2.05, 4.69) is 15.9 Å². The molecular weight excluding hydrogens is 364 g/mol. The molecule has 3 N–H and O–H groups in total. The van der Waals surface area contributed by atoms with Crippen LogP contribution in [0.25, 0.3) is 0 Å². The molecule has 0 amide bonds. The maximum atomic E-state index is 14.0. The fourth-order valence-electron chi connectivity index (χ4n) is 2.23. The summed E-state index contributed by atoms with van der Waals surface area (Å²) in [6, 6.07) is 8.16. The zero-order chi connectivity index (χ0) is 15.6. The van der Waals surface area contributed by atoms with E-state index < -0.39 is 23.7 Å². The number of aliphatic hydroxyl groups excluding tert-OH is 1. The van der Waals surface area contributed by atoms with Crippen molar-refractivity contribution in [2.45, 2.75) is 12.0 Å². The van der Waals surface area contributed by atoms with Crippen LogP contribution < -0.4 is 5.73 Å². The highest BCUT2D eigenvalue weighted by molar-refractivity contribution is 9.10. The Bertz CT molecular complexity index is 633. The smallest absolute Gasteiger partial charge is 0.128 e. The van der Waals surface area contributed by atoms with E-state index in [9.17, 15) is 13.9 Å². The third kappa shape index (κ3) is 3.43. The van der Waals surface area contributed by atoms with Crippen molar-refractivity contribution in [1.82, 2.24) is 0 Å². The van der Waals surface area contributed by atoms with E-state index in [-0.39, 0.29) is 17.1 Å². The van der Waals surface area contributed by atoms with Gasteiger partial charge in [0.15, 0.2) is 0 Å². The summed E-state index contributed by atoms with van der Waals surface area (Å²) in [4.78, 5) is 0. The molecule has 0 aliphatic carbocycles. The first-order chi connectivity index (χ1) is 9.95. The van der Waals surface area contributed by atoms with Crippen molar-refractivity contribution < 1.29 is 13.9 Å². The lowest BCUT2D eigenvalue weighted by molar-refractivity contribution is 0.145. The average molecular weight is 377 g/mol. The minimum Gasteiger partial charge on any atom is -0.388 e. The van der Waals surface area contributed by atoms with Gasteiger partial charge in [0, 0.05) is 27.5 Å². The second-order valence-electron chi connectivity index (χ2n) is 4.59. The summed E-state index contributed by atoms with van der Waals surface area (Å²) in [6.07, 6.45) is -1.11. The Morgan fingerprint density at radius 3 is 2.52 bits per heavy atom. The summed E-state index contributed by atoms with van der Waals surface area (Å²) in [5, 5.41) is 10.7. The predicted octanol–water partition coefficient (Wildman–Crippen LogP) is 4.16. The number of halogens is 4. The van der Waals surface area contributed by atoms with Crippen LogP contribution in [0.15, 0.2) is 40.9 Å². The number of benzene rings is 2. The molecule has 0 aliphatic heterocycles. The first-order valence-electron chi connectivity index (χ1n) is 6.22. The van der Waals surface area contributed by atoms with E-state index in [1.807, 2.05) is 0 Å². The Hall–Kier alpha value is -1.01. The molecule has 0 saturated heterocycles. The molecule has 2 atom stereocenters. The van der Waals surface area contributed by atoms with Crippen LogP contribution in [-0.4, -0.2) is 11.7 Å². The van der Waals surface area contributed by atoms with Gasteiger partial charge in [-0.2, -0.15) is 0 Å². The average Bonchev–Trinajstić information content (AvgIpc) is 2.42. The van der Waals surface area contributed by atoms with Crippen molar-refractivity contribution in [3.63, 3.8) is 0 Å². The van der Waals surface area contributed by atoms with Crippen molar-refractivity contribution in [3.05, 3.63) is 68.7 Å². The van der Waals surface area contributed by atoms with Gasteiger partial charge in [-0.25, -0.2) is 8.78 Å². The van der Waals surface area contributed by atoms with Crippen LogP contribution >= 0.6 is 27.5 Å². The zero-order valence-electron chi connectivity index (χ0n) is 10.9. The van der Waals surface area contributed by atoms with E-state index in [4.69, 9.17) is 17.3 Å². The first kappa shape index (κ1) is 16.4. The molecule has 0 radical (unpaired) electrons. The number of hydrogen-bond donors (Lipinski definition) is 2. The van der Waals surface area contributed by atoms with Gasteiger partial charge >= 0.3 is 0 Å². The maximum absolute atomic E-state index is 14.0. The van der Waals surface area contributed by atoms with Crippen LogP contribution in [0.2, 0.25) is 5.02 Å². The van der Waals surface area contributed by atoms with Gasteiger partial charge in [0.25, 0.3) is 0 Å². The van der Waals surface area contributed by atoms with Crippen LogP contribution in [0.3, 0.4) is 0 Å². The van der Waals surface area contributed by atoms with Gasteiger partial charge in [-0.1, -0.05) is 39.7 Å². The summed E-state index contributed by atoms with van der Waals surface area (Å²) in [6.45, 7) is -0.00830. The van der Waals surface area contributed by atoms with E-state index in [1.165, 1.54) is 36.4 Å². The highest BCUT2D eigenvalue weighted by Crippen LogP contribution is 2.38. The van der Waals surface area contributed by atoms with Crippen molar-refractivity contribution in [2.24, 2.45) is 5.73 Å². The summed E-state index contributed by atoms with van der Waals surface area (Å²) >= 11 is 9.21. The molecule has 21 heavy (non-hydrogen) atoms. The molecule has 0 spiro atoms. The van der Waals surface area contributed by atoms with Gasteiger partial charge in [-0.3, -0.25) is 0 Å². The summed E-state index contributed by atoms with van der Waals surface area (Å²) in [5.74, 6) is -1.71. The fraction of sp³-hybridized carbons (Fsp3) is 0.200. The van der Waals surface area contributed by atoms with Crippen molar-refractivity contribution >= 4 is 27.5 Å². The SMILES string of the molecule is NCC(c1c(F)cccc1Cl)C(O)c1ccc(F)cc1Br. The quantitative estimate of drug-likeness (QED) is 0.842. The third-order valence-electron chi connectivity index (χ3n) is 3.29. The number of nitrogens with two attached hydrogens (primary N) is 1. The lowest BCUT2D eigenvalue weighted by Gasteiger charge is -2.24. The molecule has 0 bridgehead atoms. The molecule has 2 aromatic carbocycles. The third-order valence-corrected chi connectivity index (χ3v) is 4.30. The van der Waals surface area contributed by atoms with Gasteiger partial charge in [-0.05, 0) is 29.8 Å². The standard InChI is InChI=1S/C15H13BrClF2NO/c16-11-6-8(18)4-5-9(11)15(21)10(7-20)14-12(17)2-1-3-13(14)19/h1-6,10,15,21H,7,20H2. The lowest BCUT2D eigenvalue weighted by atomic mass is 9.88. The normalized spacial score (nSPS) is 14.0. The van der Waals surface area contributed by atoms with Gasteiger partial charge in [0.1, 0.15) is 11.6 Å². The second-order valence-corrected chi connectivity index (χ2v) is 5.85. The molecule has 2 unspecified atom stereocenters.